The van der Waals surface area contributed by atoms with Gasteiger partial charge in [0.05, 0.1) is 38.1 Å². The molecule has 1 aliphatic rings. The third kappa shape index (κ3) is 32.4. The number of aliphatic hydroxyl groups is 5. The van der Waals surface area contributed by atoms with E-state index in [1.807, 2.05) is 12.2 Å². The summed E-state index contributed by atoms with van der Waals surface area (Å²) in [5.74, 6) is -1.45. The first kappa shape index (κ1) is 57.0. The first-order valence-corrected chi connectivity index (χ1v) is 24.8. The van der Waals surface area contributed by atoms with Gasteiger partial charge in [-0.2, -0.15) is 0 Å². The molecule has 15 heteroatoms. The summed E-state index contributed by atoms with van der Waals surface area (Å²) < 4.78 is 38.4. The summed E-state index contributed by atoms with van der Waals surface area (Å²) in [7, 11) is -4.69. The van der Waals surface area contributed by atoms with Crippen molar-refractivity contribution in [3.63, 3.8) is 0 Å². The van der Waals surface area contributed by atoms with Crippen LogP contribution < -0.4 is 0 Å². The standard InChI is InChI=1S/C46H83O14P/c1-3-5-7-8-9-10-11-12-13-14-15-16-17-18-19-20-26-30-45(52)59-40(37-58-61(54,55)57-35-39(49)34-47)36-56-44(51)29-25-22-21-24-28-41-42(50)33-46(53)60-43(41)32-31-38(48)27-23-6-4-2/h12-13,21,24,31-32,38-43,46-50,53H,3-11,14-20,22-23,25-30,33-37H2,1-2H3,(H,54,55)/b13-12-,24-21-,32-31+/t38-,39-,40+,41-,42-,43+,46?/m0/s1. The highest BCUT2D eigenvalue weighted by Crippen LogP contribution is 2.43. The molecule has 0 aliphatic carbocycles. The number of unbranched alkanes of at least 4 members (excludes halogenated alkanes) is 16. The Labute approximate surface area is 366 Å². The monoisotopic (exact) mass is 891 g/mol. The van der Waals surface area contributed by atoms with Crippen molar-refractivity contribution in [1.29, 1.82) is 0 Å². The molecule has 356 valence electrons. The number of carbonyl (C=O) groups excluding carboxylic acids is 2. The van der Waals surface area contributed by atoms with Gasteiger partial charge in [-0.05, 0) is 57.8 Å². The Morgan fingerprint density at radius 1 is 0.721 bits per heavy atom. The van der Waals surface area contributed by atoms with Crippen molar-refractivity contribution in [3.8, 4) is 0 Å². The molecular formula is C46H83O14P. The maximum Gasteiger partial charge on any atom is 0.472 e. The van der Waals surface area contributed by atoms with E-state index in [0.717, 1.165) is 51.4 Å². The lowest BCUT2D eigenvalue weighted by molar-refractivity contribution is -0.199. The lowest BCUT2D eigenvalue weighted by Crippen LogP contribution is -2.43. The van der Waals surface area contributed by atoms with Crippen LogP contribution in [0.5, 0.6) is 0 Å². The molecule has 0 aromatic heterocycles. The molecule has 1 fully saturated rings. The summed E-state index contributed by atoms with van der Waals surface area (Å²) in [6, 6.07) is 0. The molecule has 0 aromatic rings. The predicted molar refractivity (Wildman–Crippen MR) is 236 cm³/mol. The third-order valence-corrected chi connectivity index (χ3v) is 11.5. The predicted octanol–water partition coefficient (Wildman–Crippen LogP) is 8.44. The number of aliphatic hydroxyl groups excluding tert-OH is 5. The first-order chi connectivity index (χ1) is 29.4. The summed E-state index contributed by atoms with van der Waals surface area (Å²) >= 11 is 0. The fraction of sp³-hybridized carbons (Fsp3) is 0.826. The zero-order valence-electron chi connectivity index (χ0n) is 37.4. The number of ether oxygens (including phenoxy) is 3. The van der Waals surface area contributed by atoms with Crippen LogP contribution in [-0.2, 0) is 37.4 Å². The molecule has 0 bridgehead atoms. The van der Waals surface area contributed by atoms with Gasteiger partial charge in [0, 0.05) is 25.2 Å². The van der Waals surface area contributed by atoms with Crippen LogP contribution >= 0.6 is 7.82 Å². The van der Waals surface area contributed by atoms with Crippen molar-refractivity contribution in [2.45, 2.75) is 211 Å². The summed E-state index contributed by atoms with van der Waals surface area (Å²) in [5, 5.41) is 49.3. The Balaban J connectivity index is 2.47. The molecule has 8 atom stereocenters. The molecule has 61 heavy (non-hydrogen) atoms. The number of phosphoric acid groups is 1. The molecule has 1 heterocycles. The highest BCUT2D eigenvalue weighted by molar-refractivity contribution is 7.47. The normalized spacial score (nSPS) is 20.9. The fourth-order valence-electron chi connectivity index (χ4n) is 6.85. The van der Waals surface area contributed by atoms with Crippen molar-refractivity contribution < 1.29 is 67.8 Å². The van der Waals surface area contributed by atoms with Gasteiger partial charge in [0.25, 0.3) is 0 Å². The highest BCUT2D eigenvalue weighted by atomic mass is 31.2. The van der Waals surface area contributed by atoms with Gasteiger partial charge in [0.15, 0.2) is 12.4 Å². The van der Waals surface area contributed by atoms with E-state index in [1.165, 1.54) is 57.8 Å². The number of allylic oxidation sites excluding steroid dienone is 4. The largest absolute Gasteiger partial charge is 0.472 e. The van der Waals surface area contributed by atoms with E-state index in [0.29, 0.717) is 32.1 Å². The van der Waals surface area contributed by atoms with Crippen LogP contribution in [0.1, 0.15) is 174 Å². The highest BCUT2D eigenvalue weighted by Gasteiger charge is 2.35. The summed E-state index contributed by atoms with van der Waals surface area (Å²) in [4.78, 5) is 35.3. The molecule has 0 amide bonds. The van der Waals surface area contributed by atoms with E-state index in [4.69, 9.17) is 23.8 Å². The first-order valence-electron chi connectivity index (χ1n) is 23.3. The van der Waals surface area contributed by atoms with E-state index in [1.54, 1.807) is 12.2 Å². The van der Waals surface area contributed by atoms with Crippen LogP contribution in [0.3, 0.4) is 0 Å². The number of hydrogen-bond acceptors (Lipinski definition) is 13. The Kier molecular flexibility index (Phi) is 35.0. The second-order valence-electron chi connectivity index (χ2n) is 16.3. The van der Waals surface area contributed by atoms with E-state index < -0.39 is 83.0 Å². The molecule has 0 radical (unpaired) electrons. The quantitative estimate of drug-likeness (QED) is 0.0148. The van der Waals surface area contributed by atoms with Gasteiger partial charge in [0.2, 0.25) is 0 Å². The van der Waals surface area contributed by atoms with Crippen LogP contribution in [0.2, 0.25) is 0 Å². The lowest BCUT2D eigenvalue weighted by atomic mass is 9.87. The topological polar surface area (TPSA) is 219 Å². The average Bonchev–Trinajstić information content (AvgIpc) is 3.23. The number of phosphoric ester groups is 1. The minimum atomic E-state index is -4.69. The van der Waals surface area contributed by atoms with Gasteiger partial charge in [-0.1, -0.05) is 134 Å². The molecule has 1 saturated heterocycles. The Morgan fingerprint density at radius 3 is 1.93 bits per heavy atom. The molecule has 1 aliphatic heterocycles. The second-order valence-corrected chi connectivity index (χ2v) is 17.8. The van der Waals surface area contributed by atoms with Gasteiger partial charge in [-0.15, -0.1) is 0 Å². The van der Waals surface area contributed by atoms with Gasteiger partial charge in [-0.3, -0.25) is 18.6 Å². The SMILES string of the molecule is CCCCCCCC/C=C\CCCCCCCCCC(=O)O[C@H](COC(=O)CCC/C=C\C[C@H]1[C@@H](O)CC(O)O[C@@H]1/C=C/[C@@H](O)CCCCC)COP(=O)(O)OC[C@@H](O)CO. The lowest BCUT2D eigenvalue weighted by Gasteiger charge is -2.36. The van der Waals surface area contributed by atoms with E-state index in [2.05, 4.69) is 30.5 Å². The van der Waals surface area contributed by atoms with Gasteiger partial charge in [0.1, 0.15) is 12.7 Å². The zero-order valence-corrected chi connectivity index (χ0v) is 38.3. The van der Waals surface area contributed by atoms with Crippen LogP contribution in [0, 0.1) is 5.92 Å². The van der Waals surface area contributed by atoms with E-state index >= 15 is 0 Å². The number of carbonyl (C=O) groups is 2. The molecule has 1 rings (SSSR count). The van der Waals surface area contributed by atoms with Crippen molar-refractivity contribution in [3.05, 3.63) is 36.5 Å². The number of rotatable bonds is 39. The van der Waals surface area contributed by atoms with Crippen molar-refractivity contribution in [1.82, 2.24) is 0 Å². The smallest absolute Gasteiger partial charge is 0.462 e. The third-order valence-electron chi connectivity index (χ3n) is 10.6. The minimum absolute atomic E-state index is 0.0467. The molecule has 6 N–H and O–H groups in total. The van der Waals surface area contributed by atoms with Crippen molar-refractivity contribution in [2.24, 2.45) is 5.92 Å². The molecular weight excluding hydrogens is 807 g/mol. The zero-order chi connectivity index (χ0) is 45.0. The van der Waals surface area contributed by atoms with Crippen molar-refractivity contribution >= 4 is 19.8 Å². The Bertz CT molecular complexity index is 1230. The average molecular weight is 891 g/mol. The van der Waals surface area contributed by atoms with Crippen LogP contribution in [0.25, 0.3) is 0 Å². The maximum atomic E-state index is 12.7. The maximum absolute atomic E-state index is 12.7. The Morgan fingerprint density at radius 2 is 1.28 bits per heavy atom. The molecule has 14 nitrogen and oxygen atoms in total. The Hall–Kier alpha value is -1.97. The molecule has 2 unspecified atom stereocenters. The van der Waals surface area contributed by atoms with Gasteiger partial charge < -0.3 is 44.6 Å². The molecule has 0 spiro atoms. The fourth-order valence-corrected chi connectivity index (χ4v) is 7.64. The molecule has 0 saturated carbocycles. The van der Waals surface area contributed by atoms with E-state index in [-0.39, 0.29) is 25.2 Å². The van der Waals surface area contributed by atoms with Gasteiger partial charge >= 0.3 is 19.8 Å². The van der Waals surface area contributed by atoms with Crippen LogP contribution in [0.4, 0.5) is 0 Å². The number of hydrogen-bond donors (Lipinski definition) is 6. The molecule has 0 aromatic carbocycles. The summed E-state index contributed by atoms with van der Waals surface area (Å²) in [6.45, 7) is 1.96. The van der Waals surface area contributed by atoms with Crippen molar-refractivity contribution in [2.75, 3.05) is 26.4 Å². The van der Waals surface area contributed by atoms with Gasteiger partial charge in [-0.25, -0.2) is 4.57 Å². The van der Waals surface area contributed by atoms with Crippen LogP contribution in [0.15, 0.2) is 36.5 Å². The minimum Gasteiger partial charge on any atom is -0.462 e. The van der Waals surface area contributed by atoms with E-state index in [9.17, 15) is 39.5 Å². The second kappa shape index (κ2) is 37.4. The summed E-state index contributed by atoms with van der Waals surface area (Å²) in [6.07, 6.45) is 28.6. The van der Waals surface area contributed by atoms with Crippen LogP contribution in [-0.4, -0.2) is 106 Å². The number of esters is 2. The summed E-state index contributed by atoms with van der Waals surface area (Å²) in [5.41, 5.74) is 0.